The van der Waals surface area contributed by atoms with Crippen LogP contribution in [0.25, 0.3) is 5.65 Å². The van der Waals surface area contributed by atoms with Gasteiger partial charge in [0, 0.05) is 56.4 Å². The summed E-state index contributed by atoms with van der Waals surface area (Å²) in [5, 5.41) is 6.96. The molecule has 2 amide bonds. The molecule has 0 bridgehead atoms. The summed E-state index contributed by atoms with van der Waals surface area (Å²) in [6.07, 6.45) is 11.5. The molecule has 2 aliphatic rings. The van der Waals surface area contributed by atoms with Crippen molar-refractivity contribution in [1.82, 2.24) is 24.9 Å². The van der Waals surface area contributed by atoms with E-state index in [1.54, 1.807) is 6.20 Å². The number of thioether (sulfide) groups is 1. The average molecular weight is 444 g/mol. The Kier molecular flexibility index (Phi) is 7.50. The second-order valence-electron chi connectivity index (χ2n) is 8.73. The van der Waals surface area contributed by atoms with Crippen molar-refractivity contribution >= 4 is 29.2 Å². The highest BCUT2D eigenvalue weighted by Crippen LogP contribution is 2.25. The second kappa shape index (κ2) is 10.5. The molecule has 0 aliphatic carbocycles. The fourth-order valence-corrected chi connectivity index (χ4v) is 5.56. The van der Waals surface area contributed by atoms with Gasteiger partial charge in [-0.1, -0.05) is 12.8 Å². The summed E-state index contributed by atoms with van der Waals surface area (Å²) < 4.78 is 1.86. The third kappa shape index (κ3) is 6.01. The van der Waals surface area contributed by atoms with Crippen LogP contribution < -0.4 is 10.6 Å². The lowest BCUT2D eigenvalue weighted by Crippen LogP contribution is -2.42. The molecule has 0 saturated carbocycles. The zero-order chi connectivity index (χ0) is 21.6. The normalized spacial score (nSPS) is 22.2. The molecule has 7 nitrogen and oxygen atoms in total. The van der Waals surface area contributed by atoms with Gasteiger partial charge in [0.2, 0.25) is 5.91 Å². The number of piperidine rings is 1. The maximum atomic E-state index is 12.5. The lowest BCUT2D eigenvalue weighted by Gasteiger charge is -2.32. The molecule has 168 valence electrons. The molecule has 4 heterocycles. The van der Waals surface area contributed by atoms with Gasteiger partial charge in [0.15, 0.2) is 0 Å². The minimum Gasteiger partial charge on any atom is -0.352 e. The number of hydrogen-bond acceptors (Lipinski definition) is 5. The number of hydrogen-bond donors (Lipinski definition) is 2. The molecule has 4 rings (SSSR count). The van der Waals surface area contributed by atoms with E-state index in [4.69, 9.17) is 0 Å². The van der Waals surface area contributed by atoms with Crippen molar-refractivity contribution in [3.63, 3.8) is 0 Å². The van der Waals surface area contributed by atoms with E-state index in [-0.39, 0.29) is 5.91 Å². The van der Waals surface area contributed by atoms with E-state index < -0.39 is 0 Å². The molecule has 2 saturated heterocycles. The molecule has 0 aromatic carbocycles. The number of pyridine rings is 1. The van der Waals surface area contributed by atoms with Crippen molar-refractivity contribution in [3.05, 3.63) is 36.3 Å². The van der Waals surface area contributed by atoms with Crippen LogP contribution in [0.3, 0.4) is 0 Å². The molecule has 2 aliphatic heterocycles. The fraction of sp³-hybridized carbons (Fsp3) is 0.609. The lowest BCUT2D eigenvalue weighted by atomic mass is 9.91. The Morgan fingerprint density at radius 1 is 1.26 bits per heavy atom. The number of amides is 2. The predicted octanol–water partition coefficient (Wildman–Crippen LogP) is 2.91. The Bertz CT molecular complexity index is 893. The zero-order valence-corrected chi connectivity index (χ0v) is 19.1. The van der Waals surface area contributed by atoms with Gasteiger partial charge in [0.05, 0.1) is 10.9 Å². The van der Waals surface area contributed by atoms with Crippen LogP contribution in [0, 0.1) is 5.92 Å². The standard InChI is InChI=1S/C23H33N5O2S/c1-17-26-20(16-31-17)14-22(29)27-11-7-18(8-12-27)4-2-3-9-25-23(30)19-5-6-21-24-10-13-28(21)15-19/h5-6,10,13,15,17-18,20,26H,2-4,7-9,11-12,14,16H2,1H3,(H,25,30). The molecule has 2 fully saturated rings. The maximum absolute atomic E-state index is 12.5. The summed E-state index contributed by atoms with van der Waals surface area (Å²) >= 11 is 1.90. The number of aromatic nitrogens is 2. The van der Waals surface area contributed by atoms with Crippen LogP contribution >= 0.6 is 11.8 Å². The predicted molar refractivity (Wildman–Crippen MR) is 124 cm³/mol. The largest absolute Gasteiger partial charge is 0.352 e. The summed E-state index contributed by atoms with van der Waals surface area (Å²) in [7, 11) is 0. The van der Waals surface area contributed by atoms with Crippen LogP contribution in [0.4, 0.5) is 0 Å². The van der Waals surface area contributed by atoms with Gasteiger partial charge < -0.3 is 19.9 Å². The fourth-order valence-electron chi connectivity index (χ4n) is 4.53. The molecule has 8 heteroatoms. The van der Waals surface area contributed by atoms with E-state index >= 15 is 0 Å². The number of carbonyl (C=O) groups is 2. The molecular formula is C23H33N5O2S. The van der Waals surface area contributed by atoms with Crippen molar-refractivity contribution in [1.29, 1.82) is 0 Å². The summed E-state index contributed by atoms with van der Waals surface area (Å²) in [5.41, 5.74) is 1.50. The summed E-state index contributed by atoms with van der Waals surface area (Å²) in [6.45, 7) is 4.65. The molecule has 2 aromatic rings. The number of nitrogens with one attached hydrogen (secondary N) is 2. The third-order valence-corrected chi connectivity index (χ3v) is 7.61. The van der Waals surface area contributed by atoms with Crippen LogP contribution in [-0.4, -0.2) is 62.9 Å². The van der Waals surface area contributed by atoms with Gasteiger partial charge in [0.25, 0.3) is 5.91 Å². The van der Waals surface area contributed by atoms with E-state index in [0.717, 1.165) is 50.2 Å². The van der Waals surface area contributed by atoms with E-state index in [2.05, 4.69) is 27.4 Å². The highest BCUT2D eigenvalue weighted by molar-refractivity contribution is 8.00. The number of nitrogens with zero attached hydrogens (tertiary/aromatic N) is 3. The molecule has 31 heavy (non-hydrogen) atoms. The third-order valence-electron chi connectivity index (χ3n) is 6.38. The molecule has 2 aromatic heterocycles. The van der Waals surface area contributed by atoms with E-state index in [9.17, 15) is 9.59 Å². The summed E-state index contributed by atoms with van der Waals surface area (Å²) in [6, 6.07) is 4.01. The molecule has 0 spiro atoms. The van der Waals surface area contributed by atoms with Crippen LogP contribution in [-0.2, 0) is 4.79 Å². The lowest BCUT2D eigenvalue weighted by molar-refractivity contribution is -0.133. The quantitative estimate of drug-likeness (QED) is 0.614. The van der Waals surface area contributed by atoms with E-state index in [1.807, 2.05) is 40.7 Å². The van der Waals surface area contributed by atoms with Gasteiger partial charge >= 0.3 is 0 Å². The number of unbranched alkanes of at least 4 members (excludes halogenated alkanes) is 1. The molecule has 2 N–H and O–H groups in total. The molecule has 2 unspecified atom stereocenters. The SMILES string of the molecule is CC1NC(CC(=O)N2CCC(CCCCNC(=O)c3ccc4nccn4c3)CC2)CS1. The van der Waals surface area contributed by atoms with Gasteiger partial charge in [-0.05, 0) is 44.2 Å². The Labute approximate surface area is 188 Å². The van der Waals surface area contributed by atoms with Crippen LogP contribution in [0.1, 0.15) is 55.8 Å². The van der Waals surface area contributed by atoms with Gasteiger partial charge in [-0.3, -0.25) is 9.59 Å². The van der Waals surface area contributed by atoms with Crippen molar-refractivity contribution in [3.8, 4) is 0 Å². The number of likely N-dealkylation sites (tertiary alicyclic amines) is 1. The average Bonchev–Trinajstić information content (AvgIpc) is 3.41. The summed E-state index contributed by atoms with van der Waals surface area (Å²) in [4.78, 5) is 31.1. The van der Waals surface area contributed by atoms with Crippen molar-refractivity contribution in [2.75, 3.05) is 25.4 Å². The Morgan fingerprint density at radius 3 is 2.87 bits per heavy atom. The highest BCUT2D eigenvalue weighted by atomic mass is 32.2. The smallest absolute Gasteiger partial charge is 0.252 e. The minimum absolute atomic E-state index is 0.0352. The second-order valence-corrected chi connectivity index (χ2v) is 10.1. The zero-order valence-electron chi connectivity index (χ0n) is 18.3. The van der Waals surface area contributed by atoms with E-state index in [0.29, 0.717) is 41.8 Å². The van der Waals surface area contributed by atoms with Crippen LogP contribution in [0.2, 0.25) is 0 Å². The Hall–Kier alpha value is -2.06. The molecule has 0 radical (unpaired) electrons. The first-order valence-electron chi connectivity index (χ1n) is 11.4. The van der Waals surface area contributed by atoms with Gasteiger partial charge in [0.1, 0.15) is 5.65 Å². The Balaban J connectivity index is 1.08. The van der Waals surface area contributed by atoms with E-state index in [1.165, 1.54) is 6.42 Å². The van der Waals surface area contributed by atoms with Gasteiger partial charge in [-0.25, -0.2) is 4.98 Å². The minimum atomic E-state index is -0.0352. The molecule has 2 atom stereocenters. The first-order chi connectivity index (χ1) is 15.1. The first-order valence-corrected chi connectivity index (χ1v) is 12.5. The first kappa shape index (κ1) is 22.1. The van der Waals surface area contributed by atoms with Crippen LogP contribution in [0.15, 0.2) is 30.7 Å². The number of imidazole rings is 1. The highest BCUT2D eigenvalue weighted by Gasteiger charge is 2.27. The van der Waals surface area contributed by atoms with Crippen molar-refractivity contribution in [2.45, 2.75) is 56.9 Å². The monoisotopic (exact) mass is 443 g/mol. The van der Waals surface area contributed by atoms with Gasteiger partial charge in [-0.2, -0.15) is 0 Å². The number of rotatable bonds is 8. The summed E-state index contributed by atoms with van der Waals surface area (Å²) in [5.74, 6) is 2.01. The van der Waals surface area contributed by atoms with Gasteiger partial charge in [-0.15, -0.1) is 11.8 Å². The van der Waals surface area contributed by atoms with Crippen molar-refractivity contribution in [2.24, 2.45) is 5.92 Å². The van der Waals surface area contributed by atoms with Crippen LogP contribution in [0.5, 0.6) is 0 Å². The number of fused-ring (bicyclic) bond motifs is 1. The van der Waals surface area contributed by atoms with Crippen molar-refractivity contribution < 1.29 is 9.59 Å². The molecular weight excluding hydrogens is 410 g/mol. The Morgan fingerprint density at radius 2 is 2.10 bits per heavy atom. The number of carbonyl (C=O) groups excluding carboxylic acids is 2. The topological polar surface area (TPSA) is 78.7 Å². The maximum Gasteiger partial charge on any atom is 0.252 e.